The molecule has 1 N–H and O–H groups in total. The summed E-state index contributed by atoms with van der Waals surface area (Å²) in [5.41, 5.74) is 1.05. The van der Waals surface area contributed by atoms with Gasteiger partial charge in [-0.05, 0) is 24.5 Å². The van der Waals surface area contributed by atoms with Crippen molar-refractivity contribution in [3.05, 3.63) is 41.5 Å². The van der Waals surface area contributed by atoms with Crippen LogP contribution >= 0.6 is 0 Å². The van der Waals surface area contributed by atoms with Crippen molar-refractivity contribution in [1.29, 1.82) is 5.26 Å². The van der Waals surface area contributed by atoms with Gasteiger partial charge in [-0.2, -0.15) is 5.26 Å². The third-order valence-corrected chi connectivity index (χ3v) is 3.17. The molecule has 0 aromatic heterocycles. The third kappa shape index (κ3) is 3.21. The molecule has 0 atom stereocenters. The van der Waals surface area contributed by atoms with Crippen molar-refractivity contribution in [1.82, 2.24) is 5.32 Å². The maximum Gasteiger partial charge on any atom is 0.262 e. The summed E-state index contributed by atoms with van der Waals surface area (Å²) in [4.78, 5) is 11.9. The molecule has 3 nitrogen and oxygen atoms in total. The molecule has 3 heteroatoms. The van der Waals surface area contributed by atoms with Crippen molar-refractivity contribution in [3.63, 3.8) is 0 Å². The zero-order valence-corrected chi connectivity index (χ0v) is 10.2. The molecule has 0 saturated heterocycles. The van der Waals surface area contributed by atoms with E-state index in [9.17, 15) is 4.79 Å². The van der Waals surface area contributed by atoms with E-state index in [1.807, 2.05) is 36.4 Å². The Morgan fingerprint density at radius 2 is 1.94 bits per heavy atom. The monoisotopic (exact) mass is 240 g/mol. The number of nitriles is 1. The van der Waals surface area contributed by atoms with E-state index in [2.05, 4.69) is 5.32 Å². The lowest BCUT2D eigenvalue weighted by atomic mass is 10.1. The van der Waals surface area contributed by atoms with Gasteiger partial charge < -0.3 is 5.32 Å². The lowest BCUT2D eigenvalue weighted by Gasteiger charge is -2.10. The van der Waals surface area contributed by atoms with E-state index in [4.69, 9.17) is 5.26 Å². The summed E-state index contributed by atoms with van der Waals surface area (Å²) in [6, 6.07) is 11.6. The minimum atomic E-state index is -0.256. The number of hydrogen-bond acceptors (Lipinski definition) is 2. The second kappa shape index (κ2) is 6.02. The first-order valence-electron chi connectivity index (χ1n) is 6.27. The summed E-state index contributed by atoms with van der Waals surface area (Å²) in [7, 11) is 0. The summed E-state index contributed by atoms with van der Waals surface area (Å²) in [5.74, 6) is -0.256. The van der Waals surface area contributed by atoms with E-state index in [-0.39, 0.29) is 17.5 Å². The number of rotatable bonds is 3. The number of nitrogens with one attached hydrogen (secondary N) is 1. The van der Waals surface area contributed by atoms with E-state index in [0.717, 1.165) is 31.2 Å². The van der Waals surface area contributed by atoms with Crippen molar-refractivity contribution in [2.24, 2.45) is 0 Å². The fourth-order valence-corrected chi connectivity index (χ4v) is 2.20. The van der Waals surface area contributed by atoms with E-state index < -0.39 is 0 Å². The molecule has 92 valence electrons. The Morgan fingerprint density at radius 3 is 2.56 bits per heavy atom. The van der Waals surface area contributed by atoms with Gasteiger partial charge in [-0.25, -0.2) is 0 Å². The minimum absolute atomic E-state index is 0.174. The van der Waals surface area contributed by atoms with E-state index in [0.29, 0.717) is 0 Å². The largest absolute Gasteiger partial charge is 0.349 e. The average molecular weight is 240 g/mol. The van der Waals surface area contributed by atoms with Gasteiger partial charge in [0.1, 0.15) is 11.6 Å². The Bertz CT molecular complexity index is 479. The molecule has 2 rings (SSSR count). The first kappa shape index (κ1) is 12.4. The van der Waals surface area contributed by atoms with Gasteiger partial charge in [-0.15, -0.1) is 0 Å². The zero-order valence-electron chi connectivity index (χ0n) is 10.2. The molecule has 1 aromatic rings. The van der Waals surface area contributed by atoms with Gasteiger partial charge in [0.15, 0.2) is 0 Å². The number of carbonyl (C=O) groups excluding carboxylic acids is 1. The van der Waals surface area contributed by atoms with Crippen molar-refractivity contribution in [2.45, 2.75) is 31.7 Å². The molecule has 0 bridgehead atoms. The van der Waals surface area contributed by atoms with Gasteiger partial charge >= 0.3 is 0 Å². The van der Waals surface area contributed by atoms with Crippen LogP contribution in [-0.4, -0.2) is 11.9 Å². The predicted molar refractivity (Wildman–Crippen MR) is 70.4 cm³/mol. The average Bonchev–Trinajstić information content (AvgIpc) is 2.90. The van der Waals surface area contributed by atoms with Crippen LogP contribution in [0.3, 0.4) is 0 Å². The Kier molecular flexibility index (Phi) is 4.14. The number of hydrogen-bond donors (Lipinski definition) is 1. The van der Waals surface area contributed by atoms with Gasteiger partial charge in [0, 0.05) is 6.04 Å². The molecule has 1 aromatic carbocycles. The van der Waals surface area contributed by atoms with Crippen molar-refractivity contribution in [2.75, 3.05) is 0 Å². The molecule has 1 aliphatic carbocycles. The summed E-state index contributed by atoms with van der Waals surface area (Å²) in [6.07, 6.45) is 6.00. The highest BCUT2D eigenvalue weighted by Crippen LogP contribution is 2.18. The van der Waals surface area contributed by atoms with E-state index >= 15 is 0 Å². The van der Waals surface area contributed by atoms with Crippen molar-refractivity contribution in [3.8, 4) is 6.07 Å². The summed E-state index contributed by atoms with van der Waals surface area (Å²) >= 11 is 0. The third-order valence-electron chi connectivity index (χ3n) is 3.17. The van der Waals surface area contributed by atoms with Gasteiger partial charge in [0.05, 0.1) is 0 Å². The lowest BCUT2D eigenvalue weighted by molar-refractivity contribution is -0.117. The quantitative estimate of drug-likeness (QED) is 0.652. The fraction of sp³-hybridized carbons (Fsp3) is 0.333. The Labute approximate surface area is 107 Å². The van der Waals surface area contributed by atoms with Crippen LogP contribution in [0.4, 0.5) is 0 Å². The number of amides is 1. The molecule has 18 heavy (non-hydrogen) atoms. The van der Waals surface area contributed by atoms with Gasteiger partial charge in [-0.1, -0.05) is 43.2 Å². The van der Waals surface area contributed by atoms with Crippen LogP contribution in [0, 0.1) is 11.3 Å². The van der Waals surface area contributed by atoms with Crippen molar-refractivity contribution >= 4 is 12.0 Å². The molecule has 0 radical (unpaired) electrons. The van der Waals surface area contributed by atoms with E-state index in [1.165, 1.54) is 0 Å². The van der Waals surface area contributed by atoms with Crippen molar-refractivity contribution < 1.29 is 4.79 Å². The number of carbonyl (C=O) groups is 1. The van der Waals surface area contributed by atoms with Crippen LogP contribution in [0.5, 0.6) is 0 Å². The molecule has 1 saturated carbocycles. The summed E-state index contributed by atoms with van der Waals surface area (Å²) < 4.78 is 0. The van der Waals surface area contributed by atoms with E-state index in [1.54, 1.807) is 6.08 Å². The Morgan fingerprint density at radius 1 is 1.28 bits per heavy atom. The predicted octanol–water partition coefficient (Wildman–Crippen LogP) is 2.65. The SMILES string of the molecule is N#C/C(=C\c1ccccc1)C(=O)NC1CCCC1. The standard InChI is InChI=1S/C15H16N2O/c16-11-13(10-12-6-2-1-3-7-12)15(18)17-14-8-4-5-9-14/h1-3,6-7,10,14H,4-5,8-9H2,(H,17,18)/b13-10+. The molecule has 0 spiro atoms. The number of benzene rings is 1. The van der Waals surface area contributed by atoms with Gasteiger partial charge in [0.2, 0.25) is 0 Å². The van der Waals surface area contributed by atoms with Crippen LogP contribution in [0.1, 0.15) is 31.2 Å². The topological polar surface area (TPSA) is 52.9 Å². The summed E-state index contributed by atoms with van der Waals surface area (Å²) in [6.45, 7) is 0. The molecule has 0 aliphatic heterocycles. The van der Waals surface area contributed by atoms with Crippen LogP contribution in [0.15, 0.2) is 35.9 Å². The first-order chi connectivity index (χ1) is 8.79. The van der Waals surface area contributed by atoms with Crippen LogP contribution in [-0.2, 0) is 4.79 Å². The highest BCUT2D eigenvalue weighted by molar-refractivity contribution is 6.01. The Balaban J connectivity index is 2.06. The second-order valence-corrected chi connectivity index (χ2v) is 4.54. The Hall–Kier alpha value is -2.08. The molecule has 1 fully saturated rings. The maximum absolute atomic E-state index is 11.9. The molecule has 0 unspecified atom stereocenters. The molecular weight excluding hydrogens is 224 g/mol. The van der Waals surface area contributed by atoms with Crippen LogP contribution in [0.25, 0.3) is 6.08 Å². The van der Waals surface area contributed by atoms with Crippen LogP contribution < -0.4 is 5.32 Å². The second-order valence-electron chi connectivity index (χ2n) is 4.54. The van der Waals surface area contributed by atoms with Gasteiger partial charge in [-0.3, -0.25) is 4.79 Å². The summed E-state index contributed by atoms with van der Waals surface area (Å²) in [5, 5.41) is 12.0. The lowest BCUT2D eigenvalue weighted by Crippen LogP contribution is -2.33. The molecular formula is C15H16N2O. The minimum Gasteiger partial charge on any atom is -0.349 e. The van der Waals surface area contributed by atoms with Crippen LogP contribution in [0.2, 0.25) is 0 Å². The maximum atomic E-state index is 11.9. The molecule has 1 amide bonds. The normalized spacial score (nSPS) is 16.3. The highest BCUT2D eigenvalue weighted by atomic mass is 16.1. The molecule has 1 aliphatic rings. The fourth-order valence-electron chi connectivity index (χ4n) is 2.20. The highest BCUT2D eigenvalue weighted by Gasteiger charge is 2.19. The first-order valence-corrected chi connectivity index (χ1v) is 6.27. The zero-order chi connectivity index (χ0) is 12.8. The molecule has 0 heterocycles. The smallest absolute Gasteiger partial charge is 0.262 e. The van der Waals surface area contributed by atoms with Gasteiger partial charge in [0.25, 0.3) is 5.91 Å². The number of nitrogens with zero attached hydrogens (tertiary/aromatic N) is 1.